The van der Waals surface area contributed by atoms with Crippen LogP contribution in [0.2, 0.25) is 0 Å². The molecule has 0 unspecified atom stereocenters. The van der Waals surface area contributed by atoms with Crippen LogP contribution in [0.3, 0.4) is 0 Å². The Bertz CT molecular complexity index is 626. The van der Waals surface area contributed by atoms with Gasteiger partial charge in [-0.15, -0.1) is 0 Å². The second-order valence-corrected chi connectivity index (χ2v) is 5.49. The van der Waals surface area contributed by atoms with E-state index >= 15 is 0 Å². The van der Waals surface area contributed by atoms with E-state index in [1.165, 1.54) is 5.56 Å². The van der Waals surface area contributed by atoms with Crippen LogP contribution in [0.25, 0.3) is 0 Å². The quantitative estimate of drug-likeness (QED) is 0.788. The van der Waals surface area contributed by atoms with E-state index in [0.29, 0.717) is 19.3 Å². The van der Waals surface area contributed by atoms with E-state index in [4.69, 9.17) is 0 Å². The highest BCUT2D eigenvalue weighted by atomic mass is 16.4. The third-order valence-corrected chi connectivity index (χ3v) is 3.63. The number of carboxylic acids is 1. The first-order chi connectivity index (χ1) is 11.1. The molecule has 4 heteroatoms. The Morgan fingerprint density at radius 2 is 1.48 bits per heavy atom. The van der Waals surface area contributed by atoms with Crippen molar-refractivity contribution in [2.45, 2.75) is 31.7 Å². The number of carbonyl (C=O) groups is 2. The molecule has 0 aliphatic carbocycles. The lowest BCUT2D eigenvalue weighted by Crippen LogP contribution is -2.42. The molecule has 0 saturated carbocycles. The zero-order chi connectivity index (χ0) is 16.5. The normalized spacial score (nSPS) is 11.7. The summed E-state index contributed by atoms with van der Waals surface area (Å²) < 4.78 is 0. The Balaban J connectivity index is 1.80. The Kier molecular flexibility index (Phi) is 6.36. The number of hydrogen-bond acceptors (Lipinski definition) is 2. The minimum atomic E-state index is -1.01. The molecule has 0 aliphatic rings. The molecule has 23 heavy (non-hydrogen) atoms. The summed E-state index contributed by atoms with van der Waals surface area (Å²) in [4.78, 5) is 23.3. The van der Waals surface area contributed by atoms with Gasteiger partial charge in [0.1, 0.15) is 6.04 Å². The van der Waals surface area contributed by atoms with Crippen molar-refractivity contribution < 1.29 is 14.7 Å². The summed E-state index contributed by atoms with van der Waals surface area (Å²) in [7, 11) is 0. The summed E-state index contributed by atoms with van der Waals surface area (Å²) in [6, 6.07) is 18.4. The van der Waals surface area contributed by atoms with E-state index in [0.717, 1.165) is 12.0 Å². The van der Waals surface area contributed by atoms with Gasteiger partial charge in [-0.2, -0.15) is 0 Å². The number of carbonyl (C=O) groups excluding carboxylic acids is 1. The molecule has 0 saturated heterocycles. The smallest absolute Gasteiger partial charge is 0.326 e. The molecule has 0 fully saturated rings. The number of hydrogen-bond donors (Lipinski definition) is 2. The maximum Gasteiger partial charge on any atom is 0.326 e. The molecule has 1 atom stereocenters. The van der Waals surface area contributed by atoms with Gasteiger partial charge in [-0.25, -0.2) is 4.79 Å². The Labute approximate surface area is 136 Å². The number of rotatable bonds is 8. The average molecular weight is 311 g/mol. The molecule has 0 radical (unpaired) electrons. The van der Waals surface area contributed by atoms with Crippen LogP contribution in [-0.2, 0) is 22.4 Å². The van der Waals surface area contributed by atoms with Crippen LogP contribution in [0, 0.1) is 0 Å². The van der Waals surface area contributed by atoms with Crippen molar-refractivity contribution in [3.63, 3.8) is 0 Å². The van der Waals surface area contributed by atoms with Gasteiger partial charge < -0.3 is 10.4 Å². The summed E-state index contributed by atoms with van der Waals surface area (Å²) in [5.41, 5.74) is 2.07. The number of nitrogens with one attached hydrogen (secondary N) is 1. The number of carboxylic acid groups (broad SMARTS) is 1. The van der Waals surface area contributed by atoms with Gasteiger partial charge >= 0.3 is 5.97 Å². The number of amides is 1. The van der Waals surface area contributed by atoms with E-state index in [9.17, 15) is 14.7 Å². The highest BCUT2D eigenvalue weighted by Crippen LogP contribution is 2.06. The van der Waals surface area contributed by atoms with Crippen LogP contribution in [0.1, 0.15) is 24.0 Å². The zero-order valence-electron chi connectivity index (χ0n) is 12.9. The van der Waals surface area contributed by atoms with Gasteiger partial charge in [-0.3, -0.25) is 4.79 Å². The molecule has 2 N–H and O–H groups in total. The third kappa shape index (κ3) is 5.94. The second-order valence-electron chi connectivity index (χ2n) is 5.49. The fourth-order valence-electron chi connectivity index (χ4n) is 2.41. The average Bonchev–Trinajstić information content (AvgIpc) is 2.56. The molecular formula is C19H21NO3. The van der Waals surface area contributed by atoms with Crippen LogP contribution >= 0.6 is 0 Å². The van der Waals surface area contributed by atoms with Crippen LogP contribution in [-0.4, -0.2) is 23.0 Å². The van der Waals surface area contributed by atoms with Gasteiger partial charge in [0, 0.05) is 12.8 Å². The monoisotopic (exact) mass is 311 g/mol. The number of aryl methyl sites for hydroxylation is 1. The molecule has 2 aromatic rings. The lowest BCUT2D eigenvalue weighted by Gasteiger charge is -2.14. The first-order valence-electron chi connectivity index (χ1n) is 7.75. The van der Waals surface area contributed by atoms with Crippen molar-refractivity contribution >= 4 is 11.9 Å². The lowest BCUT2D eigenvalue weighted by atomic mass is 10.1. The Morgan fingerprint density at radius 3 is 2.04 bits per heavy atom. The maximum absolute atomic E-state index is 12.0. The van der Waals surface area contributed by atoms with Crippen molar-refractivity contribution in [3.05, 3.63) is 71.8 Å². The SMILES string of the molecule is O=C(CCCc1ccccc1)N[C@@H](Cc1ccccc1)C(=O)O. The van der Waals surface area contributed by atoms with Gasteiger partial charge in [0.15, 0.2) is 0 Å². The van der Waals surface area contributed by atoms with Crippen molar-refractivity contribution in [1.82, 2.24) is 5.32 Å². The van der Waals surface area contributed by atoms with Crippen LogP contribution in [0.15, 0.2) is 60.7 Å². The van der Waals surface area contributed by atoms with Gasteiger partial charge in [-0.05, 0) is 24.0 Å². The molecule has 120 valence electrons. The molecule has 4 nitrogen and oxygen atoms in total. The van der Waals surface area contributed by atoms with E-state index in [1.807, 2.05) is 60.7 Å². The van der Waals surface area contributed by atoms with Crippen molar-refractivity contribution in [2.24, 2.45) is 0 Å². The first-order valence-corrected chi connectivity index (χ1v) is 7.75. The highest BCUT2D eigenvalue weighted by Gasteiger charge is 2.19. The fourth-order valence-corrected chi connectivity index (χ4v) is 2.41. The number of aliphatic carboxylic acids is 1. The zero-order valence-corrected chi connectivity index (χ0v) is 12.9. The summed E-state index contributed by atoms with van der Waals surface area (Å²) in [6.45, 7) is 0. The van der Waals surface area contributed by atoms with Gasteiger partial charge in [-0.1, -0.05) is 60.7 Å². The van der Waals surface area contributed by atoms with Crippen molar-refractivity contribution in [3.8, 4) is 0 Å². The molecule has 2 aromatic carbocycles. The minimum absolute atomic E-state index is 0.218. The topological polar surface area (TPSA) is 66.4 Å². The molecule has 0 bridgehead atoms. The van der Waals surface area contributed by atoms with E-state index in [1.54, 1.807) is 0 Å². The third-order valence-electron chi connectivity index (χ3n) is 3.63. The largest absolute Gasteiger partial charge is 0.480 e. The molecule has 2 rings (SSSR count). The summed E-state index contributed by atoms with van der Waals surface area (Å²) in [6.07, 6.45) is 2.13. The maximum atomic E-state index is 12.0. The molecule has 0 aromatic heterocycles. The molecule has 0 aliphatic heterocycles. The predicted octanol–water partition coefficient (Wildman–Crippen LogP) is 2.82. The highest BCUT2D eigenvalue weighted by molar-refractivity contribution is 5.83. The van der Waals surface area contributed by atoms with E-state index in [-0.39, 0.29) is 5.91 Å². The van der Waals surface area contributed by atoms with Gasteiger partial charge in [0.25, 0.3) is 0 Å². The van der Waals surface area contributed by atoms with E-state index < -0.39 is 12.0 Å². The van der Waals surface area contributed by atoms with Gasteiger partial charge in [0.05, 0.1) is 0 Å². The standard InChI is InChI=1S/C19H21NO3/c21-18(13-7-12-15-8-3-1-4-9-15)20-17(19(22)23)14-16-10-5-2-6-11-16/h1-6,8-11,17H,7,12-14H2,(H,20,21)(H,22,23)/t17-/m0/s1. The minimum Gasteiger partial charge on any atom is -0.480 e. The predicted molar refractivity (Wildman–Crippen MR) is 89.1 cm³/mol. The summed E-state index contributed by atoms with van der Waals surface area (Å²) in [5.74, 6) is -1.23. The molecule has 0 heterocycles. The van der Waals surface area contributed by atoms with Crippen molar-refractivity contribution in [2.75, 3.05) is 0 Å². The first kappa shape index (κ1) is 16.7. The summed E-state index contributed by atoms with van der Waals surface area (Å²) in [5, 5.41) is 11.9. The Hall–Kier alpha value is -2.62. The van der Waals surface area contributed by atoms with Crippen LogP contribution < -0.4 is 5.32 Å². The van der Waals surface area contributed by atoms with Crippen LogP contribution in [0.5, 0.6) is 0 Å². The molecular weight excluding hydrogens is 290 g/mol. The van der Waals surface area contributed by atoms with Gasteiger partial charge in [0.2, 0.25) is 5.91 Å². The molecule has 1 amide bonds. The Morgan fingerprint density at radius 1 is 0.913 bits per heavy atom. The lowest BCUT2D eigenvalue weighted by molar-refractivity contribution is -0.141. The second kappa shape index (κ2) is 8.73. The fraction of sp³-hybridized carbons (Fsp3) is 0.263. The number of benzene rings is 2. The van der Waals surface area contributed by atoms with Crippen LogP contribution in [0.4, 0.5) is 0 Å². The van der Waals surface area contributed by atoms with E-state index in [2.05, 4.69) is 5.32 Å². The molecule has 0 spiro atoms. The summed E-state index contributed by atoms with van der Waals surface area (Å²) >= 11 is 0. The van der Waals surface area contributed by atoms with Crippen molar-refractivity contribution in [1.29, 1.82) is 0 Å².